The molecule has 0 saturated heterocycles. The molecule has 0 aromatic carbocycles. The molecule has 5 nitrogen and oxygen atoms in total. The first kappa shape index (κ1) is 11.5. The Labute approximate surface area is 88.3 Å². The maximum absolute atomic E-state index is 10.8. The lowest BCUT2D eigenvalue weighted by molar-refractivity contribution is 0.0685. The second kappa shape index (κ2) is 5.31. The van der Waals surface area contributed by atoms with E-state index in [1.165, 1.54) is 6.20 Å². The molecule has 15 heavy (non-hydrogen) atoms. The van der Waals surface area contributed by atoms with Crippen LogP contribution in [0.2, 0.25) is 0 Å². The molecule has 5 heteroatoms. The topological polar surface area (TPSA) is 62.7 Å². The summed E-state index contributed by atoms with van der Waals surface area (Å²) >= 11 is 0. The normalized spacial score (nSPS) is 10.3. The van der Waals surface area contributed by atoms with Crippen LogP contribution in [0.4, 0.5) is 0 Å². The van der Waals surface area contributed by atoms with E-state index >= 15 is 0 Å². The van der Waals surface area contributed by atoms with Gasteiger partial charge in [0.2, 0.25) is 0 Å². The zero-order chi connectivity index (χ0) is 11.3. The number of aromatic carboxylic acids is 1. The van der Waals surface area contributed by atoms with Crippen LogP contribution < -0.4 is 4.74 Å². The summed E-state index contributed by atoms with van der Waals surface area (Å²) in [6.07, 6.45) is 1.43. The zero-order valence-corrected chi connectivity index (χ0v) is 8.80. The number of rotatable bonds is 5. The first-order chi connectivity index (χ1) is 7.11. The van der Waals surface area contributed by atoms with Gasteiger partial charge in [0.1, 0.15) is 6.61 Å². The smallest absolute Gasteiger partial charge is 0.358 e. The van der Waals surface area contributed by atoms with E-state index in [-0.39, 0.29) is 5.69 Å². The van der Waals surface area contributed by atoms with Crippen molar-refractivity contribution in [3.63, 3.8) is 0 Å². The van der Waals surface area contributed by atoms with Crippen molar-refractivity contribution >= 4 is 5.97 Å². The SMILES string of the molecule is CN(C)CCOc1cccnc1C(=O)O. The van der Waals surface area contributed by atoms with E-state index in [0.717, 1.165) is 6.54 Å². The molecule has 1 aromatic heterocycles. The number of carbonyl (C=O) groups is 1. The highest BCUT2D eigenvalue weighted by atomic mass is 16.5. The molecule has 0 spiro atoms. The van der Waals surface area contributed by atoms with Crippen LogP contribution in [0.15, 0.2) is 18.3 Å². The molecule has 1 rings (SSSR count). The van der Waals surface area contributed by atoms with E-state index in [1.807, 2.05) is 19.0 Å². The number of ether oxygens (including phenoxy) is 1. The molecule has 0 bridgehead atoms. The fourth-order valence-corrected chi connectivity index (χ4v) is 1.01. The summed E-state index contributed by atoms with van der Waals surface area (Å²) in [4.78, 5) is 16.5. The third-order valence-corrected chi connectivity index (χ3v) is 1.77. The van der Waals surface area contributed by atoms with Gasteiger partial charge in [0.25, 0.3) is 0 Å². The number of carboxylic acids is 1. The molecule has 0 atom stereocenters. The Morgan fingerprint density at radius 2 is 2.33 bits per heavy atom. The van der Waals surface area contributed by atoms with Gasteiger partial charge in [-0.15, -0.1) is 0 Å². The summed E-state index contributed by atoms with van der Waals surface area (Å²) in [5, 5.41) is 8.82. The van der Waals surface area contributed by atoms with Crippen LogP contribution >= 0.6 is 0 Å². The van der Waals surface area contributed by atoms with E-state index in [1.54, 1.807) is 12.1 Å². The minimum absolute atomic E-state index is 0.0451. The summed E-state index contributed by atoms with van der Waals surface area (Å²) < 4.78 is 5.32. The minimum atomic E-state index is -1.07. The summed E-state index contributed by atoms with van der Waals surface area (Å²) in [5.41, 5.74) is -0.0451. The van der Waals surface area contributed by atoms with Gasteiger partial charge in [-0.2, -0.15) is 0 Å². The molecule has 0 saturated carbocycles. The maximum atomic E-state index is 10.8. The second-order valence-electron chi connectivity index (χ2n) is 3.31. The fraction of sp³-hybridized carbons (Fsp3) is 0.400. The Morgan fingerprint density at radius 1 is 1.60 bits per heavy atom. The highest BCUT2D eigenvalue weighted by Gasteiger charge is 2.11. The molecule has 0 fully saturated rings. The molecule has 0 aliphatic carbocycles. The monoisotopic (exact) mass is 210 g/mol. The van der Waals surface area contributed by atoms with Gasteiger partial charge in [-0.25, -0.2) is 9.78 Å². The minimum Gasteiger partial charge on any atom is -0.490 e. The van der Waals surface area contributed by atoms with E-state index < -0.39 is 5.97 Å². The molecule has 1 aromatic rings. The van der Waals surface area contributed by atoms with Crippen LogP contribution in [0.5, 0.6) is 5.75 Å². The van der Waals surface area contributed by atoms with E-state index in [9.17, 15) is 4.79 Å². The van der Waals surface area contributed by atoms with Gasteiger partial charge in [0.05, 0.1) is 0 Å². The molecule has 0 amide bonds. The van der Waals surface area contributed by atoms with Crippen LogP contribution in [0, 0.1) is 0 Å². The Bertz CT molecular complexity index is 339. The van der Waals surface area contributed by atoms with Crippen molar-refractivity contribution in [2.24, 2.45) is 0 Å². The van der Waals surface area contributed by atoms with Crippen molar-refractivity contribution in [1.29, 1.82) is 0 Å². The first-order valence-corrected chi connectivity index (χ1v) is 4.57. The number of likely N-dealkylation sites (N-methyl/N-ethyl adjacent to an activating group) is 1. The van der Waals surface area contributed by atoms with Crippen LogP contribution in [0.25, 0.3) is 0 Å². The lowest BCUT2D eigenvalue weighted by Gasteiger charge is -2.11. The van der Waals surface area contributed by atoms with Gasteiger partial charge < -0.3 is 14.7 Å². The predicted molar refractivity (Wildman–Crippen MR) is 55.2 cm³/mol. The van der Waals surface area contributed by atoms with Gasteiger partial charge in [0, 0.05) is 12.7 Å². The summed E-state index contributed by atoms with van der Waals surface area (Å²) in [6, 6.07) is 3.25. The van der Waals surface area contributed by atoms with Crippen LogP contribution in [0.1, 0.15) is 10.5 Å². The number of carboxylic acid groups (broad SMARTS) is 1. The number of hydrogen-bond acceptors (Lipinski definition) is 4. The van der Waals surface area contributed by atoms with Gasteiger partial charge in [0.15, 0.2) is 11.4 Å². The van der Waals surface area contributed by atoms with Crippen LogP contribution in [-0.2, 0) is 0 Å². The summed E-state index contributed by atoms with van der Waals surface area (Å²) in [7, 11) is 3.84. The lowest BCUT2D eigenvalue weighted by Crippen LogP contribution is -2.20. The van der Waals surface area contributed by atoms with Crippen molar-refractivity contribution < 1.29 is 14.6 Å². The molecule has 1 heterocycles. The number of aromatic nitrogens is 1. The predicted octanol–water partition coefficient (Wildman–Crippen LogP) is 0.720. The van der Waals surface area contributed by atoms with E-state index in [0.29, 0.717) is 12.4 Å². The summed E-state index contributed by atoms with van der Waals surface area (Å²) in [6.45, 7) is 1.17. The molecular formula is C10H14N2O3. The average molecular weight is 210 g/mol. The zero-order valence-electron chi connectivity index (χ0n) is 8.80. The Morgan fingerprint density at radius 3 is 2.93 bits per heavy atom. The molecule has 0 aliphatic heterocycles. The lowest BCUT2D eigenvalue weighted by atomic mass is 10.3. The van der Waals surface area contributed by atoms with Gasteiger partial charge in [-0.3, -0.25) is 0 Å². The van der Waals surface area contributed by atoms with Crippen molar-refractivity contribution in [3.8, 4) is 5.75 Å². The van der Waals surface area contributed by atoms with Gasteiger partial charge >= 0.3 is 5.97 Å². The number of nitrogens with zero attached hydrogens (tertiary/aromatic N) is 2. The molecule has 1 N–H and O–H groups in total. The van der Waals surface area contributed by atoms with Gasteiger partial charge in [-0.1, -0.05) is 0 Å². The Hall–Kier alpha value is -1.62. The highest BCUT2D eigenvalue weighted by Crippen LogP contribution is 2.14. The van der Waals surface area contributed by atoms with Crippen LogP contribution in [0.3, 0.4) is 0 Å². The highest BCUT2D eigenvalue weighted by molar-refractivity contribution is 5.88. The van der Waals surface area contributed by atoms with Crippen molar-refractivity contribution in [3.05, 3.63) is 24.0 Å². The largest absolute Gasteiger partial charge is 0.490 e. The molecule has 82 valence electrons. The third-order valence-electron chi connectivity index (χ3n) is 1.77. The van der Waals surface area contributed by atoms with E-state index in [4.69, 9.17) is 9.84 Å². The third kappa shape index (κ3) is 3.55. The Balaban J connectivity index is 2.63. The first-order valence-electron chi connectivity index (χ1n) is 4.57. The van der Waals surface area contributed by atoms with Gasteiger partial charge in [-0.05, 0) is 26.2 Å². The molecule has 0 radical (unpaired) electrons. The van der Waals surface area contributed by atoms with Crippen LogP contribution in [-0.4, -0.2) is 48.2 Å². The molecule has 0 aliphatic rings. The molecular weight excluding hydrogens is 196 g/mol. The van der Waals surface area contributed by atoms with Crippen molar-refractivity contribution in [1.82, 2.24) is 9.88 Å². The quantitative estimate of drug-likeness (QED) is 0.775. The summed E-state index contributed by atoms with van der Waals surface area (Å²) in [5.74, 6) is -0.762. The average Bonchev–Trinajstić information content (AvgIpc) is 2.17. The standard InChI is InChI=1S/C10H14N2O3/c1-12(2)6-7-15-8-4-3-5-11-9(8)10(13)14/h3-5H,6-7H2,1-2H3,(H,13,14). The molecule has 0 unspecified atom stereocenters. The number of hydrogen-bond donors (Lipinski definition) is 1. The maximum Gasteiger partial charge on any atom is 0.358 e. The van der Waals surface area contributed by atoms with E-state index in [2.05, 4.69) is 4.98 Å². The Kier molecular flexibility index (Phi) is 4.05. The number of pyridine rings is 1. The van der Waals surface area contributed by atoms with Crippen molar-refractivity contribution in [2.45, 2.75) is 0 Å². The fourth-order valence-electron chi connectivity index (χ4n) is 1.01. The second-order valence-corrected chi connectivity index (χ2v) is 3.31. The van der Waals surface area contributed by atoms with Crippen molar-refractivity contribution in [2.75, 3.05) is 27.2 Å².